The number of benzene rings is 2. The van der Waals surface area contributed by atoms with Crippen molar-refractivity contribution in [2.45, 2.75) is 33.7 Å². The number of nitrogens with one attached hydrogen (secondary N) is 2. The van der Waals surface area contributed by atoms with E-state index < -0.39 is 5.91 Å². The Morgan fingerprint density at radius 1 is 1.12 bits per heavy atom. The standard InChI is InChI=1S/C21H23N3O/c1-14-10-15(2)20(16(3)11-14)23-13-19(12-22)21(25)24-17(4)18-8-6-5-7-9-18/h5-11,13,17,23H,1-4H3,(H,24,25)/b19-13-. The predicted octanol–water partition coefficient (Wildman–Crippen LogP) is 4.31. The van der Waals surface area contributed by atoms with Crippen LogP contribution in [0.25, 0.3) is 0 Å². The van der Waals surface area contributed by atoms with Crippen molar-refractivity contribution < 1.29 is 4.79 Å². The Morgan fingerprint density at radius 2 is 1.72 bits per heavy atom. The molecule has 0 saturated heterocycles. The Bertz CT molecular complexity index is 809. The summed E-state index contributed by atoms with van der Waals surface area (Å²) in [4.78, 5) is 12.4. The highest BCUT2D eigenvalue weighted by atomic mass is 16.1. The van der Waals surface area contributed by atoms with Crippen LogP contribution in [0.2, 0.25) is 0 Å². The van der Waals surface area contributed by atoms with Gasteiger partial charge in [-0.1, -0.05) is 48.0 Å². The van der Waals surface area contributed by atoms with Gasteiger partial charge in [0.25, 0.3) is 5.91 Å². The van der Waals surface area contributed by atoms with Crippen LogP contribution in [0.4, 0.5) is 5.69 Å². The summed E-state index contributed by atoms with van der Waals surface area (Å²) in [6, 6.07) is 15.6. The van der Waals surface area contributed by atoms with E-state index in [-0.39, 0.29) is 11.6 Å². The molecule has 0 aliphatic heterocycles. The van der Waals surface area contributed by atoms with Gasteiger partial charge >= 0.3 is 0 Å². The van der Waals surface area contributed by atoms with E-state index >= 15 is 0 Å². The van der Waals surface area contributed by atoms with Crippen LogP contribution in [0.5, 0.6) is 0 Å². The van der Waals surface area contributed by atoms with E-state index in [2.05, 4.69) is 22.8 Å². The maximum absolute atomic E-state index is 12.4. The van der Waals surface area contributed by atoms with Crippen LogP contribution in [0.15, 0.2) is 54.2 Å². The lowest BCUT2D eigenvalue weighted by atomic mass is 10.1. The number of hydrogen-bond acceptors (Lipinski definition) is 3. The minimum Gasteiger partial charge on any atom is -0.360 e. The second kappa shape index (κ2) is 8.16. The molecule has 0 spiro atoms. The maximum Gasteiger partial charge on any atom is 0.263 e. The minimum absolute atomic E-state index is 0.0437. The summed E-state index contributed by atoms with van der Waals surface area (Å²) in [7, 11) is 0. The molecule has 0 aliphatic carbocycles. The fourth-order valence-corrected chi connectivity index (χ4v) is 2.80. The topological polar surface area (TPSA) is 64.9 Å². The molecular weight excluding hydrogens is 310 g/mol. The molecule has 2 aromatic carbocycles. The first-order valence-corrected chi connectivity index (χ1v) is 8.23. The van der Waals surface area contributed by atoms with Gasteiger partial charge in [0, 0.05) is 11.9 Å². The average Bonchev–Trinajstić information content (AvgIpc) is 2.58. The van der Waals surface area contributed by atoms with E-state index in [1.165, 1.54) is 11.8 Å². The molecule has 0 heterocycles. The molecule has 2 N–H and O–H groups in total. The van der Waals surface area contributed by atoms with E-state index in [0.717, 1.165) is 22.4 Å². The number of anilines is 1. The van der Waals surface area contributed by atoms with Gasteiger partial charge in [-0.3, -0.25) is 4.79 Å². The van der Waals surface area contributed by atoms with Crippen LogP contribution in [-0.4, -0.2) is 5.91 Å². The van der Waals surface area contributed by atoms with Crippen LogP contribution in [0.1, 0.15) is 35.2 Å². The van der Waals surface area contributed by atoms with Crippen molar-refractivity contribution in [2.24, 2.45) is 0 Å². The number of carbonyl (C=O) groups is 1. The smallest absolute Gasteiger partial charge is 0.263 e. The summed E-state index contributed by atoms with van der Waals surface area (Å²) in [5.74, 6) is -0.395. The lowest BCUT2D eigenvalue weighted by molar-refractivity contribution is -0.117. The lowest BCUT2D eigenvalue weighted by Gasteiger charge is -2.14. The molecule has 4 heteroatoms. The molecule has 2 rings (SSSR count). The molecule has 0 aromatic heterocycles. The highest BCUT2D eigenvalue weighted by molar-refractivity contribution is 5.97. The van der Waals surface area contributed by atoms with Gasteiger partial charge in [-0.2, -0.15) is 5.26 Å². The summed E-state index contributed by atoms with van der Waals surface area (Å²) >= 11 is 0. The summed E-state index contributed by atoms with van der Waals surface area (Å²) in [5, 5.41) is 15.3. The first kappa shape index (κ1) is 18.3. The molecule has 4 nitrogen and oxygen atoms in total. The molecule has 0 aliphatic rings. The van der Waals surface area contributed by atoms with E-state index in [4.69, 9.17) is 0 Å². The Labute approximate surface area is 149 Å². The Kier molecular flexibility index (Phi) is 5.97. The molecule has 1 atom stereocenters. The normalized spacial score (nSPS) is 12.2. The molecule has 1 amide bonds. The monoisotopic (exact) mass is 333 g/mol. The Hall–Kier alpha value is -3.06. The SMILES string of the molecule is Cc1cc(C)c(N/C=C(/C#N)C(=O)NC(C)c2ccccc2)c(C)c1. The molecular formula is C21H23N3O. The van der Waals surface area contributed by atoms with Crippen molar-refractivity contribution >= 4 is 11.6 Å². The third-order valence-corrected chi connectivity index (χ3v) is 4.05. The van der Waals surface area contributed by atoms with Crippen molar-refractivity contribution in [3.05, 3.63) is 76.5 Å². The Morgan fingerprint density at radius 3 is 2.28 bits per heavy atom. The van der Waals surface area contributed by atoms with Gasteiger partial charge in [0.2, 0.25) is 0 Å². The fourth-order valence-electron chi connectivity index (χ4n) is 2.80. The molecule has 0 saturated carbocycles. The predicted molar refractivity (Wildman–Crippen MR) is 101 cm³/mol. The second-order valence-corrected chi connectivity index (χ2v) is 6.19. The zero-order valence-electron chi connectivity index (χ0n) is 15.1. The number of nitriles is 1. The molecule has 2 aromatic rings. The largest absolute Gasteiger partial charge is 0.360 e. The number of amides is 1. The summed E-state index contributed by atoms with van der Waals surface area (Å²) in [6.07, 6.45) is 1.47. The van der Waals surface area contributed by atoms with Gasteiger partial charge in [-0.25, -0.2) is 0 Å². The van der Waals surface area contributed by atoms with Gasteiger partial charge in [0.15, 0.2) is 0 Å². The van der Waals surface area contributed by atoms with E-state index in [9.17, 15) is 10.1 Å². The lowest BCUT2D eigenvalue weighted by Crippen LogP contribution is -2.28. The zero-order chi connectivity index (χ0) is 18.4. The van der Waals surface area contributed by atoms with Crippen LogP contribution >= 0.6 is 0 Å². The first-order valence-electron chi connectivity index (χ1n) is 8.23. The van der Waals surface area contributed by atoms with Crippen molar-refractivity contribution in [1.82, 2.24) is 5.32 Å². The van der Waals surface area contributed by atoms with Crippen molar-refractivity contribution in [3.63, 3.8) is 0 Å². The van der Waals surface area contributed by atoms with Gasteiger partial charge in [0.05, 0.1) is 6.04 Å². The van der Waals surface area contributed by atoms with Gasteiger partial charge in [-0.05, 0) is 44.4 Å². The van der Waals surface area contributed by atoms with Gasteiger partial charge in [0.1, 0.15) is 11.6 Å². The molecule has 25 heavy (non-hydrogen) atoms. The van der Waals surface area contributed by atoms with Crippen LogP contribution < -0.4 is 10.6 Å². The molecule has 128 valence electrons. The highest BCUT2D eigenvalue weighted by Gasteiger charge is 2.14. The summed E-state index contributed by atoms with van der Waals surface area (Å²) in [5.41, 5.74) is 5.28. The highest BCUT2D eigenvalue weighted by Crippen LogP contribution is 2.22. The third-order valence-electron chi connectivity index (χ3n) is 4.05. The number of carbonyl (C=O) groups excluding carboxylic acids is 1. The summed E-state index contributed by atoms with van der Waals surface area (Å²) in [6.45, 7) is 7.93. The fraction of sp³-hybridized carbons (Fsp3) is 0.238. The number of nitrogens with zero attached hydrogens (tertiary/aromatic N) is 1. The van der Waals surface area contributed by atoms with Gasteiger partial charge in [-0.15, -0.1) is 0 Å². The maximum atomic E-state index is 12.4. The van der Waals surface area contributed by atoms with E-state index in [1.807, 2.05) is 64.1 Å². The third kappa shape index (κ3) is 4.71. The number of rotatable bonds is 5. The second-order valence-electron chi connectivity index (χ2n) is 6.19. The zero-order valence-corrected chi connectivity index (χ0v) is 15.1. The van der Waals surface area contributed by atoms with Crippen molar-refractivity contribution in [2.75, 3.05) is 5.32 Å². The van der Waals surface area contributed by atoms with E-state index in [1.54, 1.807) is 0 Å². The van der Waals surface area contributed by atoms with Gasteiger partial charge < -0.3 is 10.6 Å². The molecule has 0 radical (unpaired) electrons. The quantitative estimate of drug-likeness (QED) is 0.633. The van der Waals surface area contributed by atoms with Crippen molar-refractivity contribution in [1.29, 1.82) is 5.26 Å². The van der Waals surface area contributed by atoms with Crippen LogP contribution in [0.3, 0.4) is 0 Å². The summed E-state index contributed by atoms with van der Waals surface area (Å²) < 4.78 is 0. The van der Waals surface area contributed by atoms with E-state index in [0.29, 0.717) is 0 Å². The first-order chi connectivity index (χ1) is 11.9. The number of aryl methyl sites for hydroxylation is 3. The van der Waals surface area contributed by atoms with Crippen LogP contribution in [0, 0.1) is 32.1 Å². The minimum atomic E-state index is -0.395. The number of hydrogen-bond donors (Lipinski definition) is 2. The Balaban J connectivity index is 2.12. The van der Waals surface area contributed by atoms with Crippen LogP contribution in [-0.2, 0) is 4.79 Å². The average molecular weight is 333 g/mol. The molecule has 0 fully saturated rings. The van der Waals surface area contributed by atoms with Crippen molar-refractivity contribution in [3.8, 4) is 6.07 Å². The molecule has 0 bridgehead atoms. The molecule has 1 unspecified atom stereocenters.